The third-order valence-electron chi connectivity index (χ3n) is 4.57. The molecule has 130 valence electrons. The van der Waals surface area contributed by atoms with Gasteiger partial charge in [0.2, 0.25) is 0 Å². The van der Waals surface area contributed by atoms with Gasteiger partial charge in [-0.1, -0.05) is 42.5 Å². The number of rotatable bonds is 3. The van der Waals surface area contributed by atoms with E-state index in [9.17, 15) is 4.79 Å². The molecule has 0 aromatic heterocycles. The molecule has 4 rings (SSSR count). The fourth-order valence-corrected chi connectivity index (χ4v) is 3.18. The Morgan fingerprint density at radius 2 is 1.65 bits per heavy atom. The lowest BCUT2D eigenvalue weighted by Gasteiger charge is -2.16. The number of aryl methyl sites for hydroxylation is 2. The minimum Gasteiger partial charge on any atom is -0.489 e. The third kappa shape index (κ3) is 3.02. The first-order chi connectivity index (χ1) is 12.6. The number of hydrogen-bond donors (Lipinski definition) is 2. The Balaban J connectivity index is 1.66. The highest BCUT2D eigenvalue weighted by atomic mass is 16.5. The van der Waals surface area contributed by atoms with Crippen molar-refractivity contribution >= 4 is 23.0 Å². The summed E-state index contributed by atoms with van der Waals surface area (Å²) in [6.45, 7) is 4.49. The largest absolute Gasteiger partial charge is 0.489 e. The summed E-state index contributed by atoms with van der Waals surface area (Å²) in [4.78, 5) is 12.6. The van der Waals surface area contributed by atoms with Crippen LogP contribution in [0.3, 0.4) is 0 Å². The van der Waals surface area contributed by atoms with Crippen LogP contribution in [0.15, 0.2) is 60.7 Å². The Hall–Kier alpha value is -3.27. The Morgan fingerprint density at radius 3 is 2.46 bits per heavy atom. The van der Waals surface area contributed by atoms with Crippen molar-refractivity contribution in [3.63, 3.8) is 0 Å². The van der Waals surface area contributed by atoms with Crippen LogP contribution in [-0.2, 0) is 6.61 Å². The summed E-state index contributed by atoms with van der Waals surface area (Å²) in [5.41, 5.74) is 6.28. The number of carbonyl (C=O) groups is 1. The second kappa shape index (κ2) is 6.56. The number of hydrogen-bond acceptors (Lipinski definition) is 3. The molecule has 0 saturated heterocycles. The summed E-state index contributed by atoms with van der Waals surface area (Å²) in [5.74, 6) is 0.615. The highest BCUT2D eigenvalue weighted by Gasteiger charge is 2.22. The number of amides is 1. The molecular formula is C22H20N2O2. The van der Waals surface area contributed by atoms with Crippen molar-refractivity contribution in [2.45, 2.75) is 20.5 Å². The summed E-state index contributed by atoms with van der Waals surface area (Å²) in [5, 5.41) is 6.44. The standard InChI is InChI=1S/C22H20N2O2/c1-14-7-6-10-18-20(14)24-21-15(2)11-17(12-19(21)23-22(18)25)26-13-16-8-4-3-5-9-16/h3-12,24H,13H2,1-2H3,(H,23,25). The summed E-state index contributed by atoms with van der Waals surface area (Å²) < 4.78 is 5.94. The summed E-state index contributed by atoms with van der Waals surface area (Å²) in [6, 6.07) is 19.6. The maximum atomic E-state index is 12.6. The van der Waals surface area contributed by atoms with Gasteiger partial charge in [0.1, 0.15) is 12.4 Å². The van der Waals surface area contributed by atoms with Gasteiger partial charge >= 0.3 is 0 Å². The van der Waals surface area contributed by atoms with Crippen molar-refractivity contribution in [1.29, 1.82) is 0 Å². The average molecular weight is 344 g/mol. The van der Waals surface area contributed by atoms with Gasteiger partial charge in [-0.2, -0.15) is 0 Å². The molecule has 3 aromatic rings. The van der Waals surface area contributed by atoms with Gasteiger partial charge in [-0.05, 0) is 42.7 Å². The highest BCUT2D eigenvalue weighted by molar-refractivity contribution is 6.13. The van der Waals surface area contributed by atoms with E-state index in [0.717, 1.165) is 39.5 Å². The van der Waals surface area contributed by atoms with E-state index in [0.29, 0.717) is 12.2 Å². The van der Waals surface area contributed by atoms with Crippen molar-refractivity contribution in [1.82, 2.24) is 0 Å². The quantitative estimate of drug-likeness (QED) is 0.687. The van der Waals surface area contributed by atoms with Gasteiger partial charge in [-0.25, -0.2) is 0 Å². The first-order valence-electron chi connectivity index (χ1n) is 8.61. The monoisotopic (exact) mass is 344 g/mol. The molecule has 2 N–H and O–H groups in total. The number of nitrogens with one attached hydrogen (secondary N) is 2. The molecule has 0 fully saturated rings. The molecule has 0 spiro atoms. The zero-order chi connectivity index (χ0) is 18.1. The van der Waals surface area contributed by atoms with Crippen LogP contribution < -0.4 is 15.4 Å². The van der Waals surface area contributed by atoms with E-state index in [1.807, 2.05) is 74.5 Å². The van der Waals surface area contributed by atoms with Crippen molar-refractivity contribution in [2.24, 2.45) is 0 Å². The Labute approximate surface area is 152 Å². The molecule has 0 saturated carbocycles. The smallest absolute Gasteiger partial charge is 0.257 e. The number of fused-ring (bicyclic) bond motifs is 2. The summed E-state index contributed by atoms with van der Waals surface area (Å²) in [6.07, 6.45) is 0. The summed E-state index contributed by atoms with van der Waals surface area (Å²) >= 11 is 0. The lowest BCUT2D eigenvalue weighted by Crippen LogP contribution is -2.11. The van der Waals surface area contributed by atoms with Gasteiger partial charge in [0.25, 0.3) is 5.91 Å². The number of ether oxygens (including phenoxy) is 1. The van der Waals surface area contributed by atoms with Gasteiger partial charge in [0.15, 0.2) is 0 Å². The Bertz CT molecular complexity index is 981. The van der Waals surface area contributed by atoms with Gasteiger partial charge in [0.05, 0.1) is 22.6 Å². The zero-order valence-corrected chi connectivity index (χ0v) is 14.8. The van der Waals surface area contributed by atoms with Gasteiger partial charge < -0.3 is 15.4 Å². The molecule has 1 heterocycles. The Morgan fingerprint density at radius 1 is 0.846 bits per heavy atom. The lowest BCUT2D eigenvalue weighted by atomic mass is 10.1. The zero-order valence-electron chi connectivity index (χ0n) is 14.8. The van der Waals surface area contributed by atoms with Crippen LogP contribution in [0.4, 0.5) is 17.1 Å². The second-order valence-electron chi connectivity index (χ2n) is 6.51. The number of carbonyl (C=O) groups excluding carboxylic acids is 1. The van der Waals surface area contributed by atoms with Gasteiger partial charge in [-0.15, -0.1) is 0 Å². The molecule has 1 amide bonds. The molecule has 4 nitrogen and oxygen atoms in total. The molecule has 26 heavy (non-hydrogen) atoms. The fourth-order valence-electron chi connectivity index (χ4n) is 3.18. The molecule has 1 aliphatic heterocycles. The van der Waals surface area contributed by atoms with E-state index in [4.69, 9.17) is 4.74 Å². The number of para-hydroxylation sites is 1. The first-order valence-corrected chi connectivity index (χ1v) is 8.61. The topological polar surface area (TPSA) is 50.4 Å². The second-order valence-corrected chi connectivity index (χ2v) is 6.51. The van der Waals surface area contributed by atoms with Crippen LogP contribution in [0.5, 0.6) is 5.75 Å². The minimum absolute atomic E-state index is 0.116. The maximum Gasteiger partial charge on any atom is 0.257 e. The molecule has 0 radical (unpaired) electrons. The van der Waals surface area contributed by atoms with Crippen LogP contribution in [0.25, 0.3) is 0 Å². The molecule has 4 heteroatoms. The van der Waals surface area contributed by atoms with Crippen molar-refractivity contribution in [2.75, 3.05) is 10.6 Å². The van der Waals surface area contributed by atoms with Crippen LogP contribution in [0.2, 0.25) is 0 Å². The first kappa shape index (κ1) is 16.2. The number of anilines is 3. The summed E-state index contributed by atoms with van der Waals surface area (Å²) in [7, 11) is 0. The van der Waals surface area contributed by atoms with Crippen molar-refractivity contribution in [3.05, 3.63) is 82.9 Å². The average Bonchev–Trinajstić information content (AvgIpc) is 2.79. The van der Waals surface area contributed by atoms with E-state index in [2.05, 4.69) is 10.6 Å². The van der Waals surface area contributed by atoms with Gasteiger partial charge in [0, 0.05) is 6.07 Å². The molecule has 0 atom stereocenters. The van der Waals surface area contributed by atoms with E-state index in [1.165, 1.54) is 0 Å². The van der Waals surface area contributed by atoms with E-state index >= 15 is 0 Å². The van der Waals surface area contributed by atoms with Crippen molar-refractivity contribution < 1.29 is 9.53 Å². The van der Waals surface area contributed by atoms with Crippen LogP contribution >= 0.6 is 0 Å². The van der Waals surface area contributed by atoms with E-state index < -0.39 is 0 Å². The predicted octanol–water partition coefficient (Wildman–Crippen LogP) is 5.19. The normalized spacial score (nSPS) is 12.3. The minimum atomic E-state index is -0.116. The van der Waals surface area contributed by atoms with E-state index in [-0.39, 0.29) is 5.91 Å². The molecule has 0 bridgehead atoms. The van der Waals surface area contributed by atoms with Crippen LogP contribution in [-0.4, -0.2) is 5.91 Å². The third-order valence-corrected chi connectivity index (χ3v) is 4.57. The van der Waals surface area contributed by atoms with Crippen LogP contribution in [0, 0.1) is 13.8 Å². The van der Waals surface area contributed by atoms with Crippen LogP contribution in [0.1, 0.15) is 27.0 Å². The lowest BCUT2D eigenvalue weighted by molar-refractivity contribution is 0.102. The predicted molar refractivity (Wildman–Crippen MR) is 104 cm³/mol. The Kier molecular flexibility index (Phi) is 4.09. The molecule has 3 aromatic carbocycles. The maximum absolute atomic E-state index is 12.6. The molecule has 1 aliphatic rings. The van der Waals surface area contributed by atoms with Crippen molar-refractivity contribution in [3.8, 4) is 5.75 Å². The highest BCUT2D eigenvalue weighted by Crippen LogP contribution is 2.38. The number of benzene rings is 3. The molecular weight excluding hydrogens is 324 g/mol. The van der Waals surface area contributed by atoms with E-state index in [1.54, 1.807) is 0 Å². The fraction of sp³-hybridized carbons (Fsp3) is 0.136. The van der Waals surface area contributed by atoms with Gasteiger partial charge in [-0.3, -0.25) is 4.79 Å². The molecule has 0 unspecified atom stereocenters. The molecule has 0 aliphatic carbocycles. The SMILES string of the molecule is Cc1cc(OCc2ccccc2)cc2c1Nc1c(C)cccc1C(=O)N2.